The zero-order valence-electron chi connectivity index (χ0n) is 9.39. The third kappa shape index (κ3) is 1.87. The van der Waals surface area contributed by atoms with Gasteiger partial charge < -0.3 is 0 Å². The van der Waals surface area contributed by atoms with Gasteiger partial charge in [-0.15, -0.1) is 0 Å². The summed E-state index contributed by atoms with van der Waals surface area (Å²) in [7, 11) is 0. The Balaban J connectivity index is 2.17. The minimum absolute atomic E-state index is 1.02. The largest absolute Gasteiger partial charge is 0.240 e. The highest BCUT2D eigenvalue weighted by molar-refractivity contribution is 9.10. The van der Waals surface area contributed by atoms with Crippen molar-refractivity contribution in [2.45, 2.75) is 6.92 Å². The number of fused-ring (bicyclic) bond motifs is 1. The zero-order valence-corrected chi connectivity index (χ0v) is 11.0. The maximum atomic E-state index is 4.55. The second kappa shape index (κ2) is 4.00. The van der Waals surface area contributed by atoms with Gasteiger partial charge in [0.2, 0.25) is 0 Å². The molecule has 0 amide bonds. The number of rotatable bonds is 1. The minimum atomic E-state index is 1.02. The van der Waals surface area contributed by atoms with E-state index < -0.39 is 0 Å². The van der Waals surface area contributed by atoms with Gasteiger partial charge in [0.05, 0.1) is 11.2 Å². The lowest BCUT2D eigenvalue weighted by Gasteiger charge is -2.03. The van der Waals surface area contributed by atoms with E-state index in [2.05, 4.69) is 52.2 Å². The summed E-state index contributed by atoms with van der Waals surface area (Å²) in [5, 5.41) is 5.71. The van der Waals surface area contributed by atoms with Crippen LogP contribution in [0.3, 0.4) is 0 Å². The molecule has 1 heterocycles. The van der Waals surface area contributed by atoms with Crippen molar-refractivity contribution in [2.75, 3.05) is 0 Å². The predicted molar refractivity (Wildman–Crippen MR) is 73.5 cm³/mol. The van der Waals surface area contributed by atoms with Gasteiger partial charge in [-0.1, -0.05) is 40.2 Å². The Bertz CT molecular complexity index is 653. The SMILES string of the molecule is Cc1ccc(-n2cc3ccccc3n2)cc1Br. The number of halogens is 1. The molecule has 0 aliphatic heterocycles. The molecule has 3 aromatic rings. The van der Waals surface area contributed by atoms with Crippen LogP contribution in [0.4, 0.5) is 0 Å². The van der Waals surface area contributed by atoms with E-state index in [0.717, 1.165) is 21.1 Å². The van der Waals surface area contributed by atoms with E-state index in [9.17, 15) is 0 Å². The topological polar surface area (TPSA) is 17.8 Å². The summed E-state index contributed by atoms with van der Waals surface area (Å²) in [6, 6.07) is 14.4. The molecule has 2 aromatic carbocycles. The first-order valence-electron chi connectivity index (χ1n) is 5.45. The first-order valence-corrected chi connectivity index (χ1v) is 6.24. The van der Waals surface area contributed by atoms with Crippen molar-refractivity contribution in [3.8, 4) is 5.69 Å². The lowest BCUT2D eigenvalue weighted by molar-refractivity contribution is 0.895. The van der Waals surface area contributed by atoms with E-state index in [0.29, 0.717) is 0 Å². The predicted octanol–water partition coefficient (Wildman–Crippen LogP) is 4.10. The maximum Gasteiger partial charge on any atom is 0.0927 e. The van der Waals surface area contributed by atoms with Crippen molar-refractivity contribution in [3.05, 3.63) is 58.7 Å². The Morgan fingerprint density at radius 1 is 1.12 bits per heavy atom. The highest BCUT2D eigenvalue weighted by Gasteiger charge is 2.03. The van der Waals surface area contributed by atoms with Gasteiger partial charge in [-0.3, -0.25) is 0 Å². The number of aromatic nitrogens is 2. The number of hydrogen-bond acceptors (Lipinski definition) is 1. The van der Waals surface area contributed by atoms with Crippen LogP contribution in [0.2, 0.25) is 0 Å². The Morgan fingerprint density at radius 3 is 2.71 bits per heavy atom. The van der Waals surface area contributed by atoms with Crippen molar-refractivity contribution >= 4 is 26.8 Å². The number of aryl methyl sites for hydroxylation is 1. The fraction of sp³-hybridized carbons (Fsp3) is 0.0714. The Morgan fingerprint density at radius 2 is 1.94 bits per heavy atom. The first kappa shape index (κ1) is 10.5. The first-order chi connectivity index (χ1) is 8.24. The summed E-state index contributed by atoms with van der Waals surface area (Å²) < 4.78 is 3.02. The molecule has 0 N–H and O–H groups in total. The summed E-state index contributed by atoms with van der Waals surface area (Å²) in [6.45, 7) is 2.08. The molecule has 0 spiro atoms. The van der Waals surface area contributed by atoms with Crippen molar-refractivity contribution in [1.29, 1.82) is 0 Å². The molecular weight excluding hydrogens is 276 g/mol. The van der Waals surface area contributed by atoms with Gasteiger partial charge >= 0.3 is 0 Å². The van der Waals surface area contributed by atoms with Crippen molar-refractivity contribution in [2.24, 2.45) is 0 Å². The average molecular weight is 287 g/mol. The molecule has 17 heavy (non-hydrogen) atoms. The van der Waals surface area contributed by atoms with Crippen LogP contribution in [0.1, 0.15) is 5.56 Å². The molecule has 3 heteroatoms. The van der Waals surface area contributed by atoms with Crippen LogP contribution >= 0.6 is 15.9 Å². The smallest absolute Gasteiger partial charge is 0.0927 e. The van der Waals surface area contributed by atoms with E-state index >= 15 is 0 Å². The van der Waals surface area contributed by atoms with Crippen LogP contribution in [-0.2, 0) is 0 Å². The second-order valence-corrected chi connectivity index (χ2v) is 4.92. The van der Waals surface area contributed by atoms with E-state index in [1.54, 1.807) is 0 Å². The summed E-state index contributed by atoms with van der Waals surface area (Å²) in [5.41, 5.74) is 3.31. The standard InChI is InChI=1S/C14H11BrN2/c1-10-6-7-12(8-13(10)15)17-9-11-4-2-3-5-14(11)16-17/h2-9H,1H3. The zero-order chi connectivity index (χ0) is 11.8. The third-order valence-electron chi connectivity index (χ3n) is 2.83. The number of nitrogens with zero attached hydrogens (tertiary/aromatic N) is 2. The van der Waals surface area contributed by atoms with Gasteiger partial charge in [-0.05, 0) is 30.7 Å². The molecule has 0 saturated heterocycles. The van der Waals surface area contributed by atoms with Gasteiger partial charge in [-0.25, -0.2) is 4.68 Å². The van der Waals surface area contributed by atoms with Crippen LogP contribution in [0.5, 0.6) is 0 Å². The number of benzene rings is 2. The van der Waals surface area contributed by atoms with Gasteiger partial charge in [0.25, 0.3) is 0 Å². The van der Waals surface area contributed by atoms with Gasteiger partial charge in [0.15, 0.2) is 0 Å². The molecule has 0 bridgehead atoms. The molecule has 84 valence electrons. The van der Waals surface area contributed by atoms with Crippen LogP contribution in [0.25, 0.3) is 16.6 Å². The van der Waals surface area contributed by atoms with E-state index in [1.807, 2.05) is 29.1 Å². The van der Waals surface area contributed by atoms with Crippen LogP contribution in [0.15, 0.2) is 53.1 Å². The van der Waals surface area contributed by atoms with E-state index in [1.165, 1.54) is 5.56 Å². The number of hydrogen-bond donors (Lipinski definition) is 0. The molecule has 0 aliphatic carbocycles. The molecular formula is C14H11BrN2. The average Bonchev–Trinajstić information content (AvgIpc) is 2.76. The molecule has 0 unspecified atom stereocenters. The molecule has 0 fully saturated rings. The Labute approximate surface area is 108 Å². The Kier molecular flexibility index (Phi) is 2.48. The second-order valence-electron chi connectivity index (χ2n) is 4.07. The summed E-state index contributed by atoms with van der Waals surface area (Å²) in [6.07, 6.45) is 2.05. The lowest BCUT2D eigenvalue weighted by atomic mass is 10.2. The normalized spacial score (nSPS) is 10.9. The summed E-state index contributed by atoms with van der Waals surface area (Å²) >= 11 is 3.55. The van der Waals surface area contributed by atoms with Gasteiger partial charge in [-0.2, -0.15) is 5.10 Å². The van der Waals surface area contributed by atoms with Crippen molar-refractivity contribution in [1.82, 2.24) is 9.78 Å². The van der Waals surface area contributed by atoms with Gasteiger partial charge in [0, 0.05) is 16.1 Å². The molecule has 3 rings (SSSR count). The molecule has 0 atom stereocenters. The fourth-order valence-corrected chi connectivity index (χ4v) is 2.19. The summed E-state index contributed by atoms with van der Waals surface area (Å²) in [4.78, 5) is 0. The van der Waals surface area contributed by atoms with Crippen LogP contribution in [0, 0.1) is 6.92 Å². The Hall–Kier alpha value is -1.61. The van der Waals surface area contributed by atoms with Crippen molar-refractivity contribution < 1.29 is 0 Å². The highest BCUT2D eigenvalue weighted by Crippen LogP contribution is 2.21. The molecule has 1 aromatic heterocycles. The van der Waals surface area contributed by atoms with Crippen LogP contribution < -0.4 is 0 Å². The minimum Gasteiger partial charge on any atom is -0.240 e. The van der Waals surface area contributed by atoms with E-state index in [4.69, 9.17) is 0 Å². The molecule has 0 aliphatic rings. The third-order valence-corrected chi connectivity index (χ3v) is 3.69. The molecule has 2 nitrogen and oxygen atoms in total. The highest BCUT2D eigenvalue weighted by atomic mass is 79.9. The maximum absolute atomic E-state index is 4.55. The van der Waals surface area contributed by atoms with Crippen molar-refractivity contribution in [3.63, 3.8) is 0 Å². The molecule has 0 saturated carbocycles. The van der Waals surface area contributed by atoms with Crippen LogP contribution in [-0.4, -0.2) is 9.78 Å². The lowest BCUT2D eigenvalue weighted by Crippen LogP contribution is -1.94. The van der Waals surface area contributed by atoms with Gasteiger partial charge in [0.1, 0.15) is 0 Å². The monoisotopic (exact) mass is 286 g/mol. The quantitative estimate of drug-likeness (QED) is 0.659. The fourth-order valence-electron chi connectivity index (χ4n) is 1.82. The summed E-state index contributed by atoms with van der Waals surface area (Å²) in [5.74, 6) is 0. The molecule has 0 radical (unpaired) electrons. The van der Waals surface area contributed by atoms with E-state index in [-0.39, 0.29) is 0 Å².